The molecule has 3 amide bonds. The van der Waals surface area contributed by atoms with Crippen molar-refractivity contribution in [3.63, 3.8) is 0 Å². The zero-order chi connectivity index (χ0) is 19.6. The van der Waals surface area contributed by atoms with Crippen LogP contribution in [-0.4, -0.2) is 41.8 Å². The van der Waals surface area contributed by atoms with Crippen LogP contribution in [0.2, 0.25) is 5.02 Å². The molecule has 1 atom stereocenters. The van der Waals surface area contributed by atoms with Crippen LogP contribution in [0.3, 0.4) is 0 Å². The number of amides is 3. The van der Waals surface area contributed by atoms with Gasteiger partial charge in [-0.15, -0.1) is 11.6 Å². The number of hydrogen-bond acceptors (Lipinski definition) is 4. The van der Waals surface area contributed by atoms with Gasteiger partial charge in [0.2, 0.25) is 5.84 Å². The molecule has 1 fully saturated rings. The van der Waals surface area contributed by atoms with Crippen LogP contribution >= 0.6 is 23.2 Å². The van der Waals surface area contributed by atoms with Crippen LogP contribution in [-0.2, 0) is 4.79 Å². The minimum Gasteiger partial charge on any atom is -0.363 e. The summed E-state index contributed by atoms with van der Waals surface area (Å²) in [6, 6.07) is 13.9. The van der Waals surface area contributed by atoms with Crippen molar-refractivity contribution in [3.05, 3.63) is 59.1 Å². The molecule has 1 aliphatic heterocycles. The van der Waals surface area contributed by atoms with Gasteiger partial charge >= 0.3 is 6.03 Å². The molecular formula is C19H18Cl2N4O2. The summed E-state index contributed by atoms with van der Waals surface area (Å²) >= 11 is 12.3. The zero-order valence-electron chi connectivity index (χ0n) is 14.8. The lowest BCUT2D eigenvalue weighted by Crippen LogP contribution is -2.34. The number of anilines is 2. The molecule has 2 aromatic rings. The van der Waals surface area contributed by atoms with E-state index in [0.717, 1.165) is 16.2 Å². The number of hydrogen-bond donors (Lipinski definition) is 1. The van der Waals surface area contributed by atoms with Crippen molar-refractivity contribution < 1.29 is 9.59 Å². The largest absolute Gasteiger partial charge is 0.363 e. The minimum absolute atomic E-state index is 0.0256. The quantitative estimate of drug-likeness (QED) is 0.601. The van der Waals surface area contributed by atoms with Gasteiger partial charge in [0, 0.05) is 12.7 Å². The number of carbonyl (C=O) groups excluding carboxylic acids is 2. The normalized spacial score (nSPS) is 17.0. The average molecular weight is 405 g/mol. The van der Waals surface area contributed by atoms with E-state index in [0.29, 0.717) is 10.7 Å². The van der Waals surface area contributed by atoms with E-state index in [1.165, 1.54) is 11.9 Å². The van der Waals surface area contributed by atoms with Gasteiger partial charge in [0.1, 0.15) is 6.17 Å². The number of halogens is 2. The van der Waals surface area contributed by atoms with Crippen molar-refractivity contribution in [1.82, 2.24) is 4.90 Å². The van der Waals surface area contributed by atoms with Crippen LogP contribution < -0.4 is 10.2 Å². The van der Waals surface area contributed by atoms with Crippen molar-refractivity contribution >= 4 is 52.4 Å². The summed E-state index contributed by atoms with van der Waals surface area (Å²) in [5.74, 6) is -0.428. The summed E-state index contributed by atoms with van der Waals surface area (Å²) in [5, 5.41) is 3.54. The summed E-state index contributed by atoms with van der Waals surface area (Å²) in [5.41, 5.74) is 2.26. The van der Waals surface area contributed by atoms with E-state index in [1.807, 2.05) is 31.2 Å². The van der Waals surface area contributed by atoms with E-state index in [9.17, 15) is 9.59 Å². The number of benzene rings is 2. The molecule has 1 unspecified atom stereocenters. The van der Waals surface area contributed by atoms with Crippen molar-refractivity contribution in [2.45, 2.75) is 13.1 Å². The Kier molecular flexibility index (Phi) is 5.68. The highest BCUT2D eigenvalue weighted by Crippen LogP contribution is 2.30. The molecule has 1 aliphatic rings. The number of imide groups is 1. The first-order valence-corrected chi connectivity index (χ1v) is 9.18. The van der Waals surface area contributed by atoms with Gasteiger partial charge in [0.15, 0.2) is 0 Å². The molecular weight excluding hydrogens is 387 g/mol. The Bertz CT molecular complexity index is 916. The number of aryl methyl sites for hydroxylation is 1. The fourth-order valence-electron chi connectivity index (χ4n) is 2.70. The van der Waals surface area contributed by atoms with E-state index in [2.05, 4.69) is 10.3 Å². The van der Waals surface area contributed by atoms with Crippen LogP contribution in [0.15, 0.2) is 53.5 Å². The molecule has 8 heteroatoms. The molecule has 1 heterocycles. The summed E-state index contributed by atoms with van der Waals surface area (Å²) in [6.45, 7) is 1.95. The SMILES string of the molecule is Cc1ccccc1NC(CCl)N=C1C(=O)N(C)C(=O)N1c1ccccc1Cl. The summed E-state index contributed by atoms with van der Waals surface area (Å²) < 4.78 is 0. The number of urea groups is 1. The molecule has 140 valence electrons. The lowest BCUT2D eigenvalue weighted by Gasteiger charge is -2.19. The standard InChI is InChI=1S/C19H18Cl2N4O2/c1-12-7-3-5-9-14(12)22-16(11-20)23-17-18(26)24(2)19(27)25(17)15-10-6-4-8-13(15)21/h3-10,16,22H,11H2,1-2H3. The van der Waals surface area contributed by atoms with Crippen LogP contribution in [0.1, 0.15) is 5.56 Å². The third-order valence-electron chi connectivity index (χ3n) is 4.17. The number of likely N-dealkylation sites (N-methyl/N-ethyl adjacent to an activating group) is 1. The molecule has 0 saturated carbocycles. The maximum absolute atomic E-state index is 12.6. The fourth-order valence-corrected chi connectivity index (χ4v) is 3.07. The van der Waals surface area contributed by atoms with E-state index < -0.39 is 18.1 Å². The third kappa shape index (κ3) is 3.77. The Morgan fingerprint density at radius 3 is 2.44 bits per heavy atom. The van der Waals surface area contributed by atoms with Crippen LogP contribution in [0.5, 0.6) is 0 Å². The van der Waals surface area contributed by atoms with Gasteiger partial charge in [0.25, 0.3) is 5.91 Å². The Morgan fingerprint density at radius 2 is 1.78 bits per heavy atom. The Morgan fingerprint density at radius 1 is 1.11 bits per heavy atom. The summed E-state index contributed by atoms with van der Waals surface area (Å²) in [4.78, 5) is 31.9. The molecule has 27 heavy (non-hydrogen) atoms. The highest BCUT2D eigenvalue weighted by atomic mass is 35.5. The Hall–Kier alpha value is -2.57. The molecule has 0 bridgehead atoms. The molecule has 2 aromatic carbocycles. The second-order valence-corrected chi connectivity index (χ2v) is 6.73. The number of para-hydroxylation sites is 2. The Balaban J connectivity index is 2.00. The monoisotopic (exact) mass is 404 g/mol. The van der Waals surface area contributed by atoms with E-state index in [-0.39, 0.29) is 11.7 Å². The molecule has 3 rings (SSSR count). The first-order valence-electron chi connectivity index (χ1n) is 8.26. The molecule has 0 radical (unpaired) electrons. The zero-order valence-corrected chi connectivity index (χ0v) is 16.3. The summed E-state index contributed by atoms with van der Waals surface area (Å²) in [6.07, 6.45) is -0.601. The number of nitrogens with zero attached hydrogens (tertiary/aromatic N) is 3. The van der Waals surface area contributed by atoms with Gasteiger partial charge in [-0.2, -0.15) is 0 Å². The second-order valence-electron chi connectivity index (χ2n) is 6.02. The van der Waals surface area contributed by atoms with E-state index >= 15 is 0 Å². The van der Waals surface area contributed by atoms with Crippen LogP contribution in [0, 0.1) is 6.92 Å². The lowest BCUT2D eigenvalue weighted by atomic mass is 10.2. The van der Waals surface area contributed by atoms with Gasteiger partial charge in [-0.3, -0.25) is 9.69 Å². The smallest absolute Gasteiger partial charge is 0.337 e. The molecule has 1 N–H and O–H groups in total. The number of carbonyl (C=O) groups is 2. The topological polar surface area (TPSA) is 65.0 Å². The maximum atomic E-state index is 12.6. The second kappa shape index (κ2) is 7.98. The molecule has 6 nitrogen and oxygen atoms in total. The first-order chi connectivity index (χ1) is 12.9. The maximum Gasteiger partial charge on any atom is 0.337 e. The number of amidine groups is 1. The van der Waals surface area contributed by atoms with Crippen molar-refractivity contribution in [1.29, 1.82) is 0 Å². The Labute approximate surface area is 167 Å². The number of rotatable bonds is 5. The van der Waals surface area contributed by atoms with Gasteiger partial charge in [0.05, 0.1) is 16.6 Å². The summed E-state index contributed by atoms with van der Waals surface area (Å²) in [7, 11) is 1.40. The van der Waals surface area contributed by atoms with Crippen molar-refractivity contribution in [2.75, 3.05) is 23.1 Å². The van der Waals surface area contributed by atoms with Crippen LogP contribution in [0.4, 0.5) is 16.2 Å². The predicted molar refractivity (Wildman–Crippen MR) is 109 cm³/mol. The molecule has 1 saturated heterocycles. The molecule has 0 aromatic heterocycles. The number of aliphatic imine (C=N–C) groups is 1. The third-order valence-corrected chi connectivity index (χ3v) is 4.78. The van der Waals surface area contributed by atoms with Crippen molar-refractivity contribution in [3.8, 4) is 0 Å². The van der Waals surface area contributed by atoms with Gasteiger partial charge < -0.3 is 5.32 Å². The lowest BCUT2D eigenvalue weighted by molar-refractivity contribution is -0.119. The highest BCUT2D eigenvalue weighted by molar-refractivity contribution is 6.55. The van der Waals surface area contributed by atoms with E-state index in [4.69, 9.17) is 23.2 Å². The first kappa shape index (κ1) is 19.2. The molecule has 0 spiro atoms. The van der Waals surface area contributed by atoms with Gasteiger partial charge in [-0.1, -0.05) is 41.9 Å². The fraction of sp³-hybridized carbons (Fsp3) is 0.211. The minimum atomic E-state index is -0.601. The van der Waals surface area contributed by atoms with Gasteiger partial charge in [-0.05, 0) is 30.7 Å². The van der Waals surface area contributed by atoms with E-state index in [1.54, 1.807) is 24.3 Å². The highest BCUT2D eigenvalue weighted by Gasteiger charge is 2.42. The van der Waals surface area contributed by atoms with Crippen LogP contribution in [0.25, 0.3) is 0 Å². The predicted octanol–water partition coefficient (Wildman–Crippen LogP) is 4.12. The average Bonchev–Trinajstić information content (AvgIpc) is 2.87. The van der Waals surface area contributed by atoms with Gasteiger partial charge in [-0.25, -0.2) is 14.7 Å². The number of nitrogens with one attached hydrogen (secondary N) is 1. The number of alkyl halides is 1. The van der Waals surface area contributed by atoms with Crippen molar-refractivity contribution in [2.24, 2.45) is 4.99 Å². The molecule has 0 aliphatic carbocycles.